The molecular weight excluding hydrogens is 620 g/mol. The average molecular weight is 659 g/mol. The van der Waals surface area contributed by atoms with Crippen molar-refractivity contribution in [3.63, 3.8) is 0 Å². The van der Waals surface area contributed by atoms with Gasteiger partial charge in [0.15, 0.2) is 0 Å². The summed E-state index contributed by atoms with van der Waals surface area (Å²) in [6.07, 6.45) is 6.18. The summed E-state index contributed by atoms with van der Waals surface area (Å²) in [6.45, 7) is 4.51. The minimum absolute atomic E-state index is 0.0244. The summed E-state index contributed by atoms with van der Waals surface area (Å²) in [6, 6.07) is 15.5. The lowest BCUT2D eigenvalue weighted by molar-refractivity contribution is -0.117. The van der Waals surface area contributed by atoms with Crippen molar-refractivity contribution in [3.05, 3.63) is 88.4 Å². The maximum Gasteiger partial charge on any atom is 0.269 e. The first-order valence-electron chi connectivity index (χ1n) is 16.8. The molecule has 13 heteroatoms. The van der Waals surface area contributed by atoms with Gasteiger partial charge in [-0.25, -0.2) is 9.97 Å². The number of para-hydroxylation sites is 1. The molecule has 2 amide bonds. The number of pyridine rings is 3. The van der Waals surface area contributed by atoms with Crippen LogP contribution in [0.1, 0.15) is 60.1 Å². The van der Waals surface area contributed by atoms with E-state index in [2.05, 4.69) is 65.4 Å². The minimum Gasteiger partial charge on any atom is -0.364 e. The van der Waals surface area contributed by atoms with E-state index in [9.17, 15) is 14.4 Å². The molecule has 1 saturated heterocycles. The number of H-pyrrole nitrogens is 1. The van der Waals surface area contributed by atoms with Gasteiger partial charge in [-0.1, -0.05) is 25.1 Å². The maximum absolute atomic E-state index is 13.1. The van der Waals surface area contributed by atoms with Gasteiger partial charge in [-0.3, -0.25) is 24.0 Å². The van der Waals surface area contributed by atoms with E-state index in [1.54, 1.807) is 31.4 Å². The zero-order valence-corrected chi connectivity index (χ0v) is 27.7. The molecule has 4 aromatic heterocycles. The highest BCUT2D eigenvalue weighted by molar-refractivity contribution is 6.01. The Morgan fingerprint density at radius 1 is 1.02 bits per heavy atom. The van der Waals surface area contributed by atoms with Crippen molar-refractivity contribution in [3.8, 4) is 11.1 Å². The van der Waals surface area contributed by atoms with E-state index in [0.29, 0.717) is 34.6 Å². The van der Waals surface area contributed by atoms with Gasteiger partial charge >= 0.3 is 0 Å². The van der Waals surface area contributed by atoms with Crippen LogP contribution in [0.15, 0.2) is 65.7 Å². The van der Waals surface area contributed by atoms with Crippen LogP contribution in [-0.2, 0) is 11.3 Å². The van der Waals surface area contributed by atoms with Crippen molar-refractivity contribution in [2.24, 2.45) is 5.92 Å². The molecule has 6 heterocycles. The molecule has 0 bridgehead atoms. The molecule has 49 heavy (non-hydrogen) atoms. The Balaban J connectivity index is 1.09. The lowest BCUT2D eigenvalue weighted by atomic mass is 9.91. The Morgan fingerprint density at radius 2 is 1.84 bits per heavy atom. The molecule has 2 fully saturated rings. The van der Waals surface area contributed by atoms with E-state index in [1.807, 2.05) is 30.5 Å². The Hall–Kier alpha value is -5.56. The summed E-state index contributed by atoms with van der Waals surface area (Å²) in [5.41, 5.74) is 7.29. The zero-order chi connectivity index (χ0) is 33.8. The van der Waals surface area contributed by atoms with E-state index >= 15 is 0 Å². The van der Waals surface area contributed by atoms with E-state index in [0.717, 1.165) is 60.5 Å². The highest BCUT2D eigenvalue weighted by atomic mass is 16.2. The Bertz CT molecular complexity index is 2160. The first-order valence-corrected chi connectivity index (χ1v) is 16.8. The number of anilines is 4. The lowest BCUT2D eigenvalue weighted by Gasteiger charge is -2.43. The van der Waals surface area contributed by atoms with Gasteiger partial charge in [-0.05, 0) is 43.5 Å². The number of fused-ring (bicyclic) bond motifs is 4. The fraction of sp³-hybridized carbons (Fsp3) is 0.333. The fourth-order valence-corrected chi connectivity index (χ4v) is 7.20. The summed E-state index contributed by atoms with van der Waals surface area (Å²) >= 11 is 0. The molecule has 13 nitrogen and oxygen atoms in total. The van der Waals surface area contributed by atoms with Crippen molar-refractivity contribution in [1.29, 1.82) is 0 Å². The SMILES string of the molecule is CCC1c2c(cnn2C2CN(Cc3cccc(C(=O)NC)n3)C2)-c2cccc(Nc3cc(NC(=O)C4CC4)nc4cc[nH]c(=O)c34)c2N1C. The van der Waals surface area contributed by atoms with Gasteiger partial charge in [0, 0.05) is 63.0 Å². The standard InChI is InChI=1S/C36H38N10O3/c1-4-29-33-24(16-39-46(33)22-18-45(19-22)17-21-7-5-10-27(40-21)35(48)37-2)23-8-6-9-26(32(23)44(29)3)41-28-15-30(43-34(47)20-11-12-20)42-25-13-14-38-36(49)31(25)28/h5-10,13-16,20,22,29H,4,11-12,17-19H2,1-3H3,(H,37,48)(H,38,49)(H2,41,42,43,47). The monoisotopic (exact) mass is 658 g/mol. The van der Waals surface area contributed by atoms with Gasteiger partial charge in [-0.15, -0.1) is 0 Å². The number of rotatable bonds is 9. The highest BCUT2D eigenvalue weighted by Gasteiger charge is 2.38. The van der Waals surface area contributed by atoms with Crippen molar-refractivity contribution >= 4 is 45.6 Å². The molecule has 1 saturated carbocycles. The van der Waals surface area contributed by atoms with Gasteiger partial charge in [0.25, 0.3) is 11.5 Å². The van der Waals surface area contributed by atoms with Crippen LogP contribution in [0.3, 0.4) is 0 Å². The fourth-order valence-electron chi connectivity index (χ4n) is 7.20. The molecule has 1 atom stereocenters. The number of amides is 2. The average Bonchev–Trinajstić information content (AvgIpc) is 3.86. The second kappa shape index (κ2) is 12.2. The number of nitrogens with zero attached hydrogens (tertiary/aromatic N) is 6. The van der Waals surface area contributed by atoms with Crippen LogP contribution >= 0.6 is 0 Å². The second-order valence-electron chi connectivity index (χ2n) is 13.1. The second-order valence-corrected chi connectivity index (χ2v) is 13.1. The van der Waals surface area contributed by atoms with Gasteiger partial charge in [0.2, 0.25) is 5.91 Å². The summed E-state index contributed by atoms with van der Waals surface area (Å²) in [7, 11) is 3.71. The van der Waals surface area contributed by atoms with Gasteiger partial charge < -0.3 is 25.8 Å². The molecule has 5 aromatic rings. The predicted octanol–water partition coefficient (Wildman–Crippen LogP) is 4.59. The van der Waals surface area contributed by atoms with Crippen molar-refractivity contribution in [2.45, 2.75) is 44.8 Å². The van der Waals surface area contributed by atoms with Crippen LogP contribution in [0.4, 0.5) is 22.9 Å². The molecule has 0 radical (unpaired) electrons. The van der Waals surface area contributed by atoms with E-state index in [1.165, 1.54) is 5.69 Å². The Morgan fingerprint density at radius 3 is 2.61 bits per heavy atom. The number of carbonyl (C=O) groups is 2. The number of nitrogens with one attached hydrogen (secondary N) is 4. The Kier molecular flexibility index (Phi) is 7.63. The largest absolute Gasteiger partial charge is 0.364 e. The molecule has 1 unspecified atom stereocenters. The molecule has 8 rings (SSSR count). The molecule has 1 aromatic carbocycles. The third-order valence-electron chi connectivity index (χ3n) is 9.82. The molecule has 3 aliphatic rings. The molecule has 2 aliphatic heterocycles. The van der Waals surface area contributed by atoms with Gasteiger partial charge in [0.1, 0.15) is 11.5 Å². The summed E-state index contributed by atoms with van der Waals surface area (Å²) in [4.78, 5) is 54.3. The van der Waals surface area contributed by atoms with Crippen molar-refractivity contribution in [1.82, 2.24) is 34.9 Å². The van der Waals surface area contributed by atoms with Gasteiger partial charge in [0.05, 0.1) is 57.6 Å². The summed E-state index contributed by atoms with van der Waals surface area (Å²) < 4.78 is 2.19. The van der Waals surface area contributed by atoms with Crippen LogP contribution < -0.4 is 26.4 Å². The van der Waals surface area contributed by atoms with Crippen LogP contribution in [-0.4, -0.2) is 68.6 Å². The minimum atomic E-state index is -0.259. The van der Waals surface area contributed by atoms with Gasteiger partial charge in [-0.2, -0.15) is 5.10 Å². The van der Waals surface area contributed by atoms with E-state index in [4.69, 9.17) is 5.10 Å². The molecule has 0 spiro atoms. The number of carbonyl (C=O) groups excluding carboxylic acids is 2. The normalized spacial score (nSPS) is 17.3. The molecule has 250 valence electrons. The third-order valence-corrected chi connectivity index (χ3v) is 9.82. The summed E-state index contributed by atoms with van der Waals surface area (Å²) in [5, 5.41) is 14.5. The lowest BCUT2D eigenvalue weighted by Crippen LogP contribution is -2.48. The van der Waals surface area contributed by atoms with Crippen LogP contribution in [0, 0.1) is 5.92 Å². The van der Waals surface area contributed by atoms with Crippen molar-refractivity contribution in [2.75, 3.05) is 42.7 Å². The molecule has 1 aliphatic carbocycles. The summed E-state index contributed by atoms with van der Waals surface area (Å²) in [5.74, 6) is 0.201. The predicted molar refractivity (Wildman–Crippen MR) is 188 cm³/mol. The van der Waals surface area contributed by atoms with Crippen LogP contribution in [0.5, 0.6) is 0 Å². The van der Waals surface area contributed by atoms with E-state index in [-0.39, 0.29) is 35.4 Å². The quantitative estimate of drug-likeness (QED) is 0.178. The van der Waals surface area contributed by atoms with Crippen LogP contribution in [0.25, 0.3) is 22.0 Å². The number of likely N-dealkylation sites (tertiary alicyclic amines) is 1. The number of hydrogen-bond acceptors (Lipinski definition) is 9. The topological polar surface area (TPSA) is 153 Å². The van der Waals surface area contributed by atoms with E-state index < -0.39 is 0 Å². The number of aromatic amines is 1. The number of aromatic nitrogens is 5. The molecule has 4 N–H and O–H groups in total. The highest BCUT2D eigenvalue weighted by Crippen LogP contribution is 2.50. The molecular formula is C36H38N10O3. The van der Waals surface area contributed by atoms with Crippen LogP contribution in [0.2, 0.25) is 0 Å². The van der Waals surface area contributed by atoms with Crippen molar-refractivity contribution < 1.29 is 9.59 Å². The number of benzene rings is 1. The zero-order valence-electron chi connectivity index (χ0n) is 27.7. The smallest absolute Gasteiger partial charge is 0.269 e. The number of hydrogen-bond donors (Lipinski definition) is 4. The first-order chi connectivity index (χ1) is 23.8. The first kappa shape index (κ1) is 30.8. The Labute approximate surface area is 282 Å². The maximum atomic E-state index is 13.1. The third kappa shape index (κ3) is 5.49.